The zero-order valence-corrected chi connectivity index (χ0v) is 13.3. The average molecular weight is 312 g/mol. The molecule has 0 radical (unpaired) electrons. The molecule has 1 aliphatic heterocycles. The molecule has 0 saturated carbocycles. The maximum absolute atomic E-state index is 12.4. The summed E-state index contributed by atoms with van der Waals surface area (Å²) in [7, 11) is -0.513. The zero-order chi connectivity index (χ0) is 15.6. The lowest BCUT2D eigenvalue weighted by Gasteiger charge is -2.31. The van der Waals surface area contributed by atoms with E-state index in [1.165, 1.54) is 26.2 Å². The van der Waals surface area contributed by atoms with Crippen LogP contribution in [0.4, 0.5) is 0 Å². The summed E-state index contributed by atoms with van der Waals surface area (Å²) in [5.41, 5.74) is 0.488. The molecule has 0 aromatic heterocycles. The van der Waals surface area contributed by atoms with Crippen molar-refractivity contribution in [2.75, 3.05) is 33.8 Å². The van der Waals surface area contributed by atoms with Crippen LogP contribution < -0.4 is 0 Å². The first-order chi connectivity index (χ1) is 9.82. The fourth-order valence-electron chi connectivity index (χ4n) is 2.17. The first-order valence-electron chi connectivity index (χ1n) is 6.76. The van der Waals surface area contributed by atoms with Crippen molar-refractivity contribution in [3.63, 3.8) is 0 Å². The summed E-state index contributed by atoms with van der Waals surface area (Å²) in [5, 5.41) is 0. The van der Waals surface area contributed by atoms with E-state index in [1.807, 2.05) is 6.92 Å². The highest BCUT2D eigenvalue weighted by molar-refractivity contribution is 7.89. The van der Waals surface area contributed by atoms with Crippen molar-refractivity contribution in [2.45, 2.75) is 17.9 Å². The molecule has 1 amide bonds. The van der Waals surface area contributed by atoms with Crippen LogP contribution in [0.2, 0.25) is 0 Å². The van der Waals surface area contributed by atoms with E-state index in [-0.39, 0.29) is 16.9 Å². The van der Waals surface area contributed by atoms with Crippen LogP contribution in [0, 0.1) is 0 Å². The van der Waals surface area contributed by atoms with Gasteiger partial charge in [0.05, 0.1) is 17.6 Å². The number of amides is 1. The summed E-state index contributed by atoms with van der Waals surface area (Å²) >= 11 is 0. The van der Waals surface area contributed by atoms with Crippen molar-refractivity contribution in [2.24, 2.45) is 0 Å². The zero-order valence-electron chi connectivity index (χ0n) is 12.4. The van der Waals surface area contributed by atoms with Gasteiger partial charge in [0.1, 0.15) is 0 Å². The Bertz CT molecular complexity index is 610. The molecule has 1 aromatic carbocycles. The number of carbonyl (C=O) groups is 1. The Morgan fingerprint density at radius 1 is 1.29 bits per heavy atom. The van der Waals surface area contributed by atoms with E-state index in [0.717, 1.165) is 4.31 Å². The van der Waals surface area contributed by atoms with E-state index < -0.39 is 10.0 Å². The Labute approximate surface area is 125 Å². The maximum Gasteiger partial charge on any atom is 0.254 e. The lowest BCUT2D eigenvalue weighted by Crippen LogP contribution is -2.44. The number of rotatable bonds is 3. The van der Waals surface area contributed by atoms with E-state index in [1.54, 1.807) is 17.0 Å². The van der Waals surface area contributed by atoms with Gasteiger partial charge in [0.15, 0.2) is 0 Å². The number of morpholine rings is 1. The average Bonchev–Trinajstić information content (AvgIpc) is 2.46. The highest BCUT2D eigenvalue weighted by Gasteiger charge is 2.23. The van der Waals surface area contributed by atoms with Crippen LogP contribution in [0.1, 0.15) is 17.3 Å². The molecule has 116 valence electrons. The van der Waals surface area contributed by atoms with E-state index in [9.17, 15) is 13.2 Å². The van der Waals surface area contributed by atoms with Crippen molar-refractivity contribution in [1.29, 1.82) is 0 Å². The van der Waals surface area contributed by atoms with E-state index in [2.05, 4.69) is 0 Å². The predicted molar refractivity (Wildman–Crippen MR) is 78.6 cm³/mol. The fourth-order valence-corrected chi connectivity index (χ4v) is 3.07. The molecular formula is C14H20N2O4S. The van der Waals surface area contributed by atoms with Gasteiger partial charge in [-0.15, -0.1) is 0 Å². The molecule has 0 aliphatic carbocycles. The summed E-state index contributed by atoms with van der Waals surface area (Å²) in [6, 6.07) is 6.04. The van der Waals surface area contributed by atoms with Crippen LogP contribution in [0.15, 0.2) is 29.2 Å². The SMILES string of the molecule is C[C@H]1CN(C(=O)c2ccc(S(=O)(=O)N(C)C)cc2)CCO1. The van der Waals surface area contributed by atoms with E-state index in [0.29, 0.717) is 25.3 Å². The molecule has 0 bridgehead atoms. The molecule has 0 unspecified atom stereocenters. The van der Waals surface area contributed by atoms with Gasteiger partial charge in [-0.3, -0.25) is 4.79 Å². The molecule has 0 spiro atoms. The minimum absolute atomic E-state index is 0.0242. The monoisotopic (exact) mass is 312 g/mol. The van der Waals surface area contributed by atoms with E-state index in [4.69, 9.17) is 4.74 Å². The van der Waals surface area contributed by atoms with Crippen LogP contribution in [0.5, 0.6) is 0 Å². The molecule has 1 fully saturated rings. The van der Waals surface area contributed by atoms with Gasteiger partial charge in [0.25, 0.3) is 5.91 Å². The molecule has 21 heavy (non-hydrogen) atoms. The molecule has 1 aliphatic rings. The Morgan fingerprint density at radius 3 is 2.43 bits per heavy atom. The van der Waals surface area contributed by atoms with Gasteiger partial charge in [0.2, 0.25) is 10.0 Å². The third-order valence-electron chi connectivity index (χ3n) is 3.41. The Balaban J connectivity index is 2.17. The summed E-state index contributed by atoms with van der Waals surface area (Å²) in [4.78, 5) is 14.3. The van der Waals surface area contributed by atoms with Crippen molar-refractivity contribution >= 4 is 15.9 Å². The maximum atomic E-state index is 12.4. The second kappa shape index (κ2) is 6.13. The summed E-state index contributed by atoms with van der Waals surface area (Å²) < 4.78 is 30.5. The number of benzene rings is 1. The highest BCUT2D eigenvalue weighted by Crippen LogP contribution is 2.16. The number of nitrogens with zero attached hydrogens (tertiary/aromatic N) is 2. The molecule has 0 N–H and O–H groups in total. The van der Waals surface area contributed by atoms with Gasteiger partial charge >= 0.3 is 0 Å². The van der Waals surface area contributed by atoms with Crippen LogP contribution in [-0.2, 0) is 14.8 Å². The number of carbonyl (C=O) groups excluding carboxylic acids is 1. The van der Waals surface area contributed by atoms with Gasteiger partial charge in [-0.05, 0) is 31.2 Å². The standard InChI is InChI=1S/C14H20N2O4S/c1-11-10-16(8-9-20-11)14(17)12-4-6-13(7-5-12)21(18,19)15(2)3/h4-7,11H,8-10H2,1-3H3/t11-/m0/s1. The van der Waals surface area contributed by atoms with Crippen molar-refractivity contribution in [3.8, 4) is 0 Å². The lowest BCUT2D eigenvalue weighted by molar-refractivity contribution is -0.0124. The first kappa shape index (κ1) is 15.9. The number of ether oxygens (including phenoxy) is 1. The second-order valence-corrected chi connectivity index (χ2v) is 7.40. The van der Waals surface area contributed by atoms with Gasteiger partial charge in [-0.1, -0.05) is 0 Å². The topological polar surface area (TPSA) is 66.9 Å². The Morgan fingerprint density at radius 2 is 1.90 bits per heavy atom. The third-order valence-corrected chi connectivity index (χ3v) is 5.24. The molecule has 6 nitrogen and oxygen atoms in total. The van der Waals surface area contributed by atoms with Crippen LogP contribution in [0.25, 0.3) is 0 Å². The number of hydrogen-bond acceptors (Lipinski definition) is 4. The van der Waals surface area contributed by atoms with Crippen LogP contribution in [0.3, 0.4) is 0 Å². The highest BCUT2D eigenvalue weighted by atomic mass is 32.2. The van der Waals surface area contributed by atoms with E-state index >= 15 is 0 Å². The molecular weight excluding hydrogens is 292 g/mol. The van der Waals surface area contributed by atoms with Crippen LogP contribution >= 0.6 is 0 Å². The molecule has 7 heteroatoms. The van der Waals surface area contributed by atoms with Crippen molar-refractivity contribution in [3.05, 3.63) is 29.8 Å². The summed E-state index contributed by atoms with van der Waals surface area (Å²) in [6.07, 6.45) is 0.0242. The van der Waals surface area contributed by atoms with Gasteiger partial charge in [-0.25, -0.2) is 12.7 Å². The molecule has 1 aromatic rings. The largest absolute Gasteiger partial charge is 0.375 e. The van der Waals surface area contributed by atoms with Crippen molar-refractivity contribution in [1.82, 2.24) is 9.21 Å². The van der Waals surface area contributed by atoms with Crippen LogP contribution in [-0.4, -0.2) is 63.4 Å². The predicted octanol–water partition coefficient (Wildman–Crippen LogP) is 0.798. The smallest absolute Gasteiger partial charge is 0.254 e. The lowest BCUT2D eigenvalue weighted by atomic mass is 10.2. The number of sulfonamides is 1. The Kier molecular flexibility index (Phi) is 4.65. The molecule has 1 atom stereocenters. The van der Waals surface area contributed by atoms with Gasteiger partial charge < -0.3 is 9.64 Å². The molecule has 1 saturated heterocycles. The second-order valence-electron chi connectivity index (χ2n) is 5.24. The number of hydrogen-bond donors (Lipinski definition) is 0. The Hall–Kier alpha value is -1.44. The van der Waals surface area contributed by atoms with Crippen molar-refractivity contribution < 1.29 is 17.9 Å². The quantitative estimate of drug-likeness (QED) is 0.828. The minimum Gasteiger partial charge on any atom is -0.375 e. The normalized spacial score (nSPS) is 19.8. The summed E-state index contributed by atoms with van der Waals surface area (Å²) in [6.45, 7) is 3.56. The minimum atomic E-state index is -3.46. The van der Waals surface area contributed by atoms with Gasteiger partial charge in [0, 0.05) is 32.7 Å². The fraction of sp³-hybridized carbons (Fsp3) is 0.500. The molecule has 1 heterocycles. The van der Waals surface area contributed by atoms with Gasteiger partial charge in [-0.2, -0.15) is 0 Å². The first-order valence-corrected chi connectivity index (χ1v) is 8.20. The third kappa shape index (κ3) is 3.42. The summed E-state index contributed by atoms with van der Waals surface area (Å²) in [5.74, 6) is -0.0982. The molecule has 2 rings (SSSR count).